The maximum Gasteiger partial charge on any atom is 0.182 e. The molecule has 0 atom stereocenters. The standard InChI is InChI=1S/C13H15NO2S.BrH/c1-9-10(2)17-8-14(9)7-13(16)11-4-3-5-12(15)6-11;/h3-6,15H,7-8H2,1-2H3;1H. The Balaban J connectivity index is 0.00000162. The van der Waals surface area contributed by atoms with E-state index in [2.05, 4.69) is 11.8 Å². The van der Waals surface area contributed by atoms with E-state index in [-0.39, 0.29) is 28.5 Å². The lowest BCUT2D eigenvalue weighted by atomic mass is 10.1. The maximum atomic E-state index is 12.0. The molecule has 0 bridgehead atoms. The van der Waals surface area contributed by atoms with E-state index in [1.807, 2.05) is 6.92 Å². The quantitative estimate of drug-likeness (QED) is 0.863. The molecular formula is C13H16BrNO2S. The zero-order valence-electron chi connectivity index (χ0n) is 10.3. The van der Waals surface area contributed by atoms with Crippen molar-refractivity contribution in [1.82, 2.24) is 4.90 Å². The minimum absolute atomic E-state index is 0. The summed E-state index contributed by atoms with van der Waals surface area (Å²) in [5.41, 5.74) is 1.73. The number of aromatic hydroxyl groups is 1. The number of allylic oxidation sites excluding steroid dienone is 2. The van der Waals surface area contributed by atoms with Gasteiger partial charge in [-0.25, -0.2) is 0 Å². The third kappa shape index (κ3) is 3.29. The molecule has 0 saturated heterocycles. The fourth-order valence-electron chi connectivity index (χ4n) is 1.71. The van der Waals surface area contributed by atoms with E-state index in [0.717, 1.165) is 5.88 Å². The van der Waals surface area contributed by atoms with Crippen LogP contribution in [0.1, 0.15) is 24.2 Å². The number of hydrogen-bond donors (Lipinski definition) is 1. The fraction of sp³-hybridized carbons (Fsp3) is 0.308. The molecule has 1 N–H and O–H groups in total. The highest BCUT2D eigenvalue weighted by Crippen LogP contribution is 2.30. The van der Waals surface area contributed by atoms with Crippen molar-refractivity contribution in [3.8, 4) is 5.75 Å². The van der Waals surface area contributed by atoms with Crippen molar-refractivity contribution in [2.75, 3.05) is 12.4 Å². The van der Waals surface area contributed by atoms with Gasteiger partial charge >= 0.3 is 0 Å². The molecule has 98 valence electrons. The van der Waals surface area contributed by atoms with Crippen LogP contribution >= 0.6 is 28.7 Å². The van der Waals surface area contributed by atoms with Crippen LogP contribution in [0.4, 0.5) is 0 Å². The topological polar surface area (TPSA) is 40.5 Å². The van der Waals surface area contributed by atoms with Gasteiger partial charge in [0.05, 0.1) is 12.4 Å². The molecule has 1 aliphatic rings. The molecule has 0 aromatic heterocycles. The monoisotopic (exact) mass is 329 g/mol. The van der Waals surface area contributed by atoms with Crippen LogP contribution in [0.2, 0.25) is 0 Å². The average molecular weight is 330 g/mol. The third-order valence-corrected chi connectivity index (χ3v) is 4.09. The second-order valence-corrected chi connectivity index (χ2v) is 5.25. The summed E-state index contributed by atoms with van der Waals surface area (Å²) in [7, 11) is 0. The van der Waals surface area contributed by atoms with Gasteiger partial charge in [-0.1, -0.05) is 12.1 Å². The summed E-state index contributed by atoms with van der Waals surface area (Å²) >= 11 is 1.76. The molecule has 0 fully saturated rings. The van der Waals surface area contributed by atoms with Gasteiger partial charge in [-0.15, -0.1) is 28.7 Å². The molecule has 0 aliphatic carbocycles. The normalized spacial score (nSPS) is 14.7. The van der Waals surface area contributed by atoms with Crippen molar-refractivity contribution >= 4 is 34.5 Å². The number of rotatable bonds is 3. The Morgan fingerprint density at radius 2 is 2.17 bits per heavy atom. The van der Waals surface area contributed by atoms with Gasteiger partial charge in [0.2, 0.25) is 0 Å². The molecule has 0 saturated carbocycles. The Hall–Kier alpha value is -0.940. The first-order valence-electron chi connectivity index (χ1n) is 5.45. The van der Waals surface area contributed by atoms with Crippen molar-refractivity contribution < 1.29 is 9.90 Å². The first-order valence-corrected chi connectivity index (χ1v) is 6.44. The molecule has 1 aliphatic heterocycles. The summed E-state index contributed by atoms with van der Waals surface area (Å²) in [6.07, 6.45) is 0. The Morgan fingerprint density at radius 3 is 2.72 bits per heavy atom. The molecule has 18 heavy (non-hydrogen) atoms. The van der Waals surface area contributed by atoms with Gasteiger partial charge in [0, 0.05) is 16.2 Å². The zero-order chi connectivity index (χ0) is 12.4. The van der Waals surface area contributed by atoms with Crippen molar-refractivity contribution in [1.29, 1.82) is 0 Å². The van der Waals surface area contributed by atoms with Crippen LogP contribution in [-0.4, -0.2) is 28.2 Å². The average Bonchev–Trinajstić information content (AvgIpc) is 2.61. The number of ketones is 1. The number of phenolic OH excluding ortho intramolecular Hbond substituents is 1. The van der Waals surface area contributed by atoms with Crippen LogP contribution in [0.25, 0.3) is 0 Å². The fourth-order valence-corrected chi connectivity index (χ4v) is 2.68. The summed E-state index contributed by atoms with van der Waals surface area (Å²) in [5.74, 6) is 1.01. The molecule has 0 unspecified atom stereocenters. The Labute approximate surface area is 122 Å². The number of Topliss-reactive ketones (excluding diaryl/α,β-unsaturated/α-hetero) is 1. The molecule has 3 nitrogen and oxygen atoms in total. The Bertz CT molecular complexity index is 488. The van der Waals surface area contributed by atoms with E-state index in [9.17, 15) is 9.90 Å². The van der Waals surface area contributed by atoms with Crippen LogP contribution in [0.3, 0.4) is 0 Å². The molecule has 2 rings (SSSR count). The van der Waals surface area contributed by atoms with E-state index in [1.165, 1.54) is 16.7 Å². The number of carbonyl (C=O) groups is 1. The van der Waals surface area contributed by atoms with Crippen LogP contribution < -0.4 is 0 Å². The molecule has 5 heteroatoms. The zero-order valence-corrected chi connectivity index (χ0v) is 12.9. The van der Waals surface area contributed by atoms with Gasteiger partial charge in [0.25, 0.3) is 0 Å². The van der Waals surface area contributed by atoms with E-state index in [1.54, 1.807) is 30.0 Å². The van der Waals surface area contributed by atoms with Crippen molar-refractivity contribution in [2.24, 2.45) is 0 Å². The van der Waals surface area contributed by atoms with Crippen LogP contribution in [-0.2, 0) is 0 Å². The first-order chi connectivity index (χ1) is 8.08. The third-order valence-electron chi connectivity index (χ3n) is 2.92. The van der Waals surface area contributed by atoms with Gasteiger partial charge in [-0.2, -0.15) is 0 Å². The molecule has 0 radical (unpaired) electrons. The number of carbonyl (C=O) groups excluding carboxylic acids is 1. The van der Waals surface area contributed by atoms with E-state index < -0.39 is 0 Å². The predicted molar refractivity (Wildman–Crippen MR) is 80.3 cm³/mol. The SMILES string of the molecule is Br.CC1=C(C)N(CC(=O)c2cccc(O)c2)CS1. The molecule has 0 amide bonds. The lowest BCUT2D eigenvalue weighted by molar-refractivity contribution is 0.0958. The van der Waals surface area contributed by atoms with Crippen LogP contribution in [0.15, 0.2) is 34.9 Å². The van der Waals surface area contributed by atoms with E-state index in [4.69, 9.17) is 0 Å². The largest absolute Gasteiger partial charge is 0.508 e. The Morgan fingerprint density at radius 1 is 1.44 bits per heavy atom. The minimum atomic E-state index is 0. The molecule has 1 aromatic rings. The molecule has 1 heterocycles. The number of phenols is 1. The van der Waals surface area contributed by atoms with E-state index >= 15 is 0 Å². The number of benzene rings is 1. The molecule has 1 aromatic carbocycles. The van der Waals surface area contributed by atoms with Gasteiger partial charge in [-0.05, 0) is 26.0 Å². The summed E-state index contributed by atoms with van der Waals surface area (Å²) in [6, 6.07) is 6.50. The maximum absolute atomic E-state index is 12.0. The smallest absolute Gasteiger partial charge is 0.182 e. The van der Waals surface area contributed by atoms with Gasteiger partial charge in [-0.3, -0.25) is 4.79 Å². The van der Waals surface area contributed by atoms with Crippen molar-refractivity contribution in [2.45, 2.75) is 13.8 Å². The molecule has 0 spiro atoms. The second kappa shape index (κ2) is 6.29. The number of nitrogens with zero attached hydrogens (tertiary/aromatic N) is 1. The second-order valence-electron chi connectivity index (χ2n) is 4.09. The highest BCUT2D eigenvalue weighted by molar-refractivity contribution is 8.93. The summed E-state index contributed by atoms with van der Waals surface area (Å²) in [4.78, 5) is 15.4. The molecular weight excluding hydrogens is 314 g/mol. The summed E-state index contributed by atoms with van der Waals surface area (Å²) in [5, 5.41) is 9.34. The van der Waals surface area contributed by atoms with Crippen molar-refractivity contribution in [3.63, 3.8) is 0 Å². The van der Waals surface area contributed by atoms with Gasteiger partial charge in [0.15, 0.2) is 5.78 Å². The highest BCUT2D eigenvalue weighted by Gasteiger charge is 2.19. The van der Waals surface area contributed by atoms with Gasteiger partial charge in [0.1, 0.15) is 5.75 Å². The lowest BCUT2D eigenvalue weighted by Gasteiger charge is -2.18. The van der Waals surface area contributed by atoms with Gasteiger partial charge < -0.3 is 10.0 Å². The lowest BCUT2D eigenvalue weighted by Crippen LogP contribution is -2.25. The van der Waals surface area contributed by atoms with Crippen LogP contribution in [0.5, 0.6) is 5.75 Å². The Kier molecular flexibility index (Phi) is 5.28. The highest BCUT2D eigenvalue weighted by atomic mass is 79.9. The number of halogens is 1. The first kappa shape index (κ1) is 15.1. The number of thioether (sulfide) groups is 1. The van der Waals surface area contributed by atoms with E-state index in [0.29, 0.717) is 12.1 Å². The van der Waals surface area contributed by atoms with Crippen molar-refractivity contribution in [3.05, 3.63) is 40.4 Å². The number of hydrogen-bond acceptors (Lipinski definition) is 4. The predicted octanol–water partition coefficient (Wildman–Crippen LogP) is 3.41. The summed E-state index contributed by atoms with van der Waals surface area (Å²) < 4.78 is 0. The summed E-state index contributed by atoms with van der Waals surface area (Å²) in [6.45, 7) is 4.48. The minimum Gasteiger partial charge on any atom is -0.508 e. The van der Waals surface area contributed by atoms with Crippen LogP contribution in [0, 0.1) is 0 Å².